The van der Waals surface area contributed by atoms with Crippen molar-refractivity contribution >= 4 is 12.1 Å². The van der Waals surface area contributed by atoms with Gasteiger partial charge in [0.25, 0.3) is 0 Å². The van der Waals surface area contributed by atoms with E-state index >= 15 is 0 Å². The SMILES string of the molecule is CCCCCCCCCCCCCOC(=O)C(C(C)C)N(C)C(=O)OCCCCCCCCCC. The molecule has 5 nitrogen and oxygen atoms in total. The quantitative estimate of drug-likeness (QED) is 0.0985. The molecular weight excluding hydrogens is 438 g/mol. The van der Waals surface area contributed by atoms with Crippen molar-refractivity contribution in [3.05, 3.63) is 0 Å². The Bertz CT molecular complexity index is 495. The highest BCUT2D eigenvalue weighted by molar-refractivity contribution is 5.81. The van der Waals surface area contributed by atoms with E-state index in [0.29, 0.717) is 13.2 Å². The highest BCUT2D eigenvalue weighted by Gasteiger charge is 2.32. The van der Waals surface area contributed by atoms with E-state index in [9.17, 15) is 9.59 Å². The fourth-order valence-corrected chi connectivity index (χ4v) is 4.51. The van der Waals surface area contributed by atoms with Crippen LogP contribution in [0.2, 0.25) is 0 Å². The minimum atomic E-state index is -0.603. The smallest absolute Gasteiger partial charge is 0.410 e. The molecule has 0 N–H and O–H groups in total. The zero-order valence-corrected chi connectivity index (χ0v) is 24.1. The molecule has 0 aromatic rings. The third-order valence-electron chi connectivity index (χ3n) is 6.79. The van der Waals surface area contributed by atoms with Crippen molar-refractivity contribution in [3.8, 4) is 0 Å². The summed E-state index contributed by atoms with van der Waals surface area (Å²) in [5.74, 6) is -0.348. The number of esters is 1. The van der Waals surface area contributed by atoms with E-state index in [4.69, 9.17) is 9.47 Å². The van der Waals surface area contributed by atoms with Crippen LogP contribution in [0.15, 0.2) is 0 Å². The molecule has 0 fully saturated rings. The molecule has 0 bridgehead atoms. The minimum Gasteiger partial charge on any atom is -0.464 e. The van der Waals surface area contributed by atoms with Gasteiger partial charge in [-0.05, 0) is 18.8 Å². The summed E-state index contributed by atoms with van der Waals surface area (Å²) in [5.41, 5.74) is 0. The number of likely N-dealkylation sites (N-methyl/N-ethyl adjacent to an activating group) is 1. The van der Waals surface area contributed by atoms with Crippen LogP contribution in [0.1, 0.15) is 150 Å². The average Bonchev–Trinajstić information content (AvgIpc) is 2.83. The molecule has 0 aliphatic heterocycles. The predicted molar refractivity (Wildman–Crippen MR) is 148 cm³/mol. The van der Waals surface area contributed by atoms with Crippen LogP contribution < -0.4 is 0 Å². The van der Waals surface area contributed by atoms with E-state index in [-0.39, 0.29) is 11.9 Å². The number of nitrogens with zero attached hydrogens (tertiary/aromatic N) is 1. The average molecular weight is 498 g/mol. The predicted octanol–water partition coefficient (Wildman–Crippen LogP) is 9.07. The second-order valence-electron chi connectivity index (χ2n) is 10.6. The first-order valence-corrected chi connectivity index (χ1v) is 15.0. The molecule has 0 aromatic carbocycles. The molecule has 0 saturated carbocycles. The van der Waals surface area contributed by atoms with Gasteiger partial charge in [0.2, 0.25) is 0 Å². The molecule has 208 valence electrons. The van der Waals surface area contributed by atoms with Crippen LogP contribution in [0.5, 0.6) is 0 Å². The Kier molecular flexibility index (Phi) is 23.6. The second kappa shape index (κ2) is 24.4. The van der Waals surface area contributed by atoms with E-state index < -0.39 is 12.1 Å². The van der Waals surface area contributed by atoms with E-state index in [2.05, 4.69) is 13.8 Å². The molecule has 1 unspecified atom stereocenters. The van der Waals surface area contributed by atoms with Crippen LogP contribution in [-0.4, -0.2) is 43.3 Å². The number of unbranched alkanes of at least 4 members (excludes halogenated alkanes) is 17. The molecule has 1 atom stereocenters. The second-order valence-corrected chi connectivity index (χ2v) is 10.6. The molecule has 0 saturated heterocycles. The molecule has 0 rings (SSSR count). The van der Waals surface area contributed by atoms with Crippen LogP contribution in [0, 0.1) is 5.92 Å². The fourth-order valence-electron chi connectivity index (χ4n) is 4.51. The van der Waals surface area contributed by atoms with Crippen molar-refractivity contribution in [2.75, 3.05) is 20.3 Å². The molecular formula is C30H59NO4. The highest BCUT2D eigenvalue weighted by Crippen LogP contribution is 2.15. The van der Waals surface area contributed by atoms with Crippen molar-refractivity contribution in [1.29, 1.82) is 0 Å². The number of ether oxygens (including phenoxy) is 2. The zero-order valence-electron chi connectivity index (χ0n) is 24.1. The van der Waals surface area contributed by atoms with Gasteiger partial charge in [0.1, 0.15) is 6.04 Å². The van der Waals surface area contributed by atoms with Crippen molar-refractivity contribution in [1.82, 2.24) is 4.90 Å². The number of hydrogen-bond acceptors (Lipinski definition) is 4. The minimum absolute atomic E-state index is 0.0273. The summed E-state index contributed by atoms with van der Waals surface area (Å²) >= 11 is 0. The molecule has 5 heteroatoms. The van der Waals surface area contributed by atoms with Gasteiger partial charge in [-0.15, -0.1) is 0 Å². The first-order chi connectivity index (χ1) is 17.0. The van der Waals surface area contributed by atoms with Gasteiger partial charge in [-0.3, -0.25) is 4.90 Å². The maximum absolute atomic E-state index is 12.7. The van der Waals surface area contributed by atoms with E-state index in [1.54, 1.807) is 7.05 Å². The van der Waals surface area contributed by atoms with Gasteiger partial charge in [0.15, 0.2) is 0 Å². The first kappa shape index (κ1) is 33.7. The number of carbonyl (C=O) groups excluding carboxylic acids is 2. The highest BCUT2D eigenvalue weighted by atomic mass is 16.6. The summed E-state index contributed by atoms with van der Waals surface area (Å²) in [6.07, 6.45) is 23.1. The van der Waals surface area contributed by atoms with Gasteiger partial charge in [-0.2, -0.15) is 0 Å². The Hall–Kier alpha value is -1.26. The Morgan fingerprint density at radius 3 is 1.29 bits per heavy atom. The third-order valence-corrected chi connectivity index (χ3v) is 6.79. The van der Waals surface area contributed by atoms with E-state index in [1.165, 1.54) is 101 Å². The molecule has 0 aromatic heterocycles. The van der Waals surface area contributed by atoms with Crippen LogP contribution >= 0.6 is 0 Å². The van der Waals surface area contributed by atoms with E-state index in [1.807, 2.05) is 13.8 Å². The molecule has 0 aliphatic carbocycles. The van der Waals surface area contributed by atoms with Crippen molar-refractivity contribution in [3.63, 3.8) is 0 Å². The van der Waals surface area contributed by atoms with Gasteiger partial charge in [0.05, 0.1) is 13.2 Å². The number of hydrogen-bond donors (Lipinski definition) is 0. The first-order valence-electron chi connectivity index (χ1n) is 15.0. The number of rotatable bonds is 24. The molecule has 0 radical (unpaired) electrons. The van der Waals surface area contributed by atoms with E-state index in [0.717, 1.165) is 25.7 Å². The van der Waals surface area contributed by atoms with Crippen molar-refractivity contribution in [2.45, 2.75) is 156 Å². The molecule has 35 heavy (non-hydrogen) atoms. The standard InChI is InChI=1S/C30H59NO4/c1-6-8-10-12-14-16-17-18-20-21-23-25-34-29(32)28(27(3)4)31(5)30(33)35-26-24-22-19-15-13-11-9-7-2/h27-28H,6-26H2,1-5H3. The normalized spacial score (nSPS) is 12.1. The Balaban J connectivity index is 3.94. The fraction of sp³-hybridized carbons (Fsp3) is 0.933. The molecule has 0 aliphatic rings. The molecule has 0 heterocycles. The lowest BCUT2D eigenvalue weighted by Gasteiger charge is -2.28. The van der Waals surface area contributed by atoms with Gasteiger partial charge in [-0.1, -0.05) is 137 Å². The largest absolute Gasteiger partial charge is 0.464 e. The Morgan fingerprint density at radius 2 is 0.914 bits per heavy atom. The zero-order chi connectivity index (χ0) is 26.2. The number of carbonyl (C=O) groups is 2. The van der Waals surface area contributed by atoms with Crippen molar-refractivity contribution in [2.24, 2.45) is 5.92 Å². The summed E-state index contributed by atoms with van der Waals surface area (Å²) in [6.45, 7) is 9.21. The summed E-state index contributed by atoms with van der Waals surface area (Å²) in [6, 6.07) is -0.603. The summed E-state index contributed by atoms with van der Waals surface area (Å²) in [5, 5.41) is 0. The lowest BCUT2D eigenvalue weighted by molar-refractivity contribution is -0.150. The van der Waals surface area contributed by atoms with Gasteiger partial charge < -0.3 is 9.47 Å². The van der Waals surface area contributed by atoms with Gasteiger partial charge >= 0.3 is 12.1 Å². The molecule has 0 spiro atoms. The Labute approximate surface area is 218 Å². The van der Waals surface area contributed by atoms with Gasteiger partial charge in [-0.25, -0.2) is 9.59 Å². The Morgan fingerprint density at radius 1 is 0.571 bits per heavy atom. The summed E-state index contributed by atoms with van der Waals surface area (Å²) in [4.78, 5) is 26.6. The summed E-state index contributed by atoms with van der Waals surface area (Å²) < 4.78 is 11.0. The molecule has 1 amide bonds. The third kappa shape index (κ3) is 19.6. The lowest BCUT2D eigenvalue weighted by Crippen LogP contribution is -2.46. The van der Waals surface area contributed by atoms with Crippen LogP contribution in [0.4, 0.5) is 4.79 Å². The summed E-state index contributed by atoms with van der Waals surface area (Å²) in [7, 11) is 1.64. The maximum atomic E-state index is 12.7. The topological polar surface area (TPSA) is 55.8 Å². The van der Waals surface area contributed by atoms with Crippen LogP contribution in [0.25, 0.3) is 0 Å². The number of amides is 1. The van der Waals surface area contributed by atoms with Crippen molar-refractivity contribution < 1.29 is 19.1 Å². The van der Waals surface area contributed by atoms with Crippen LogP contribution in [-0.2, 0) is 14.3 Å². The van der Waals surface area contributed by atoms with Crippen LogP contribution in [0.3, 0.4) is 0 Å². The van der Waals surface area contributed by atoms with Gasteiger partial charge in [0, 0.05) is 7.05 Å². The lowest BCUT2D eigenvalue weighted by atomic mass is 10.0. The monoisotopic (exact) mass is 497 g/mol. The maximum Gasteiger partial charge on any atom is 0.410 e.